The molecule has 1 heterocycles. The predicted molar refractivity (Wildman–Crippen MR) is 84.8 cm³/mol. The zero-order chi connectivity index (χ0) is 16.9. The van der Waals surface area contributed by atoms with Gasteiger partial charge in [-0.25, -0.2) is 5.43 Å². The van der Waals surface area contributed by atoms with Gasteiger partial charge in [0, 0.05) is 11.6 Å². The van der Waals surface area contributed by atoms with Gasteiger partial charge in [-0.3, -0.25) is 4.79 Å². The fraction of sp³-hybridized carbons (Fsp3) is 0.500. The first-order valence-corrected chi connectivity index (χ1v) is 7.31. The number of carbonyl (C=O) groups is 1. The average Bonchev–Trinajstić information content (AvgIpc) is 2.97. The smallest absolute Gasteiger partial charge is 0.245 e. The minimum Gasteiger partial charge on any atom is -0.497 e. The molecule has 1 aliphatic rings. The molecule has 0 atom stereocenters. The van der Waals surface area contributed by atoms with Crippen molar-refractivity contribution in [3.63, 3.8) is 0 Å². The van der Waals surface area contributed by atoms with E-state index in [0.717, 1.165) is 5.56 Å². The van der Waals surface area contributed by atoms with Crippen molar-refractivity contribution in [3.8, 4) is 11.5 Å². The second-order valence-corrected chi connectivity index (χ2v) is 5.31. The maximum absolute atomic E-state index is 12.0. The van der Waals surface area contributed by atoms with Gasteiger partial charge < -0.3 is 18.9 Å². The first-order valence-electron chi connectivity index (χ1n) is 7.31. The van der Waals surface area contributed by atoms with Crippen molar-refractivity contribution in [1.29, 1.82) is 0 Å². The van der Waals surface area contributed by atoms with E-state index in [0.29, 0.717) is 30.4 Å². The van der Waals surface area contributed by atoms with Gasteiger partial charge in [0.15, 0.2) is 5.79 Å². The fourth-order valence-corrected chi connectivity index (χ4v) is 2.29. The largest absolute Gasteiger partial charge is 0.497 e. The molecule has 0 aromatic heterocycles. The van der Waals surface area contributed by atoms with Gasteiger partial charge in [0.1, 0.15) is 11.5 Å². The molecule has 1 aromatic rings. The second-order valence-electron chi connectivity index (χ2n) is 5.31. The number of benzene rings is 1. The molecular weight excluding hydrogens is 300 g/mol. The van der Waals surface area contributed by atoms with Crippen LogP contribution >= 0.6 is 0 Å². The van der Waals surface area contributed by atoms with Gasteiger partial charge in [0.05, 0.1) is 39.6 Å². The summed E-state index contributed by atoms with van der Waals surface area (Å²) in [6.07, 6.45) is 0.0868. The molecule has 1 aromatic carbocycles. The molecule has 126 valence electrons. The third-order valence-corrected chi connectivity index (χ3v) is 3.53. The lowest BCUT2D eigenvalue weighted by Crippen LogP contribution is -2.33. The van der Waals surface area contributed by atoms with Crippen molar-refractivity contribution in [2.75, 3.05) is 27.4 Å². The standard InChI is InChI=1S/C16H22N2O5/c1-11(13-6-5-12(20-3)9-14(13)21-4)17-18-15(19)10-16(2)22-7-8-23-16/h5-6,9H,7-8,10H2,1-4H3,(H,18,19). The van der Waals surface area contributed by atoms with E-state index >= 15 is 0 Å². The third-order valence-electron chi connectivity index (χ3n) is 3.53. The Bertz CT molecular complexity index is 594. The number of nitrogens with zero attached hydrogens (tertiary/aromatic N) is 1. The molecule has 1 aliphatic heterocycles. The molecule has 7 nitrogen and oxygen atoms in total. The number of hydrogen-bond acceptors (Lipinski definition) is 6. The molecule has 1 fully saturated rings. The molecule has 23 heavy (non-hydrogen) atoms. The number of ether oxygens (including phenoxy) is 4. The minimum absolute atomic E-state index is 0.0868. The molecule has 1 amide bonds. The van der Waals surface area contributed by atoms with Crippen LogP contribution in [0.25, 0.3) is 0 Å². The maximum Gasteiger partial charge on any atom is 0.245 e. The number of amides is 1. The van der Waals surface area contributed by atoms with Crippen LogP contribution in [-0.2, 0) is 14.3 Å². The van der Waals surface area contributed by atoms with Crippen LogP contribution in [0.5, 0.6) is 11.5 Å². The van der Waals surface area contributed by atoms with Crippen molar-refractivity contribution < 1.29 is 23.7 Å². The molecular formula is C16H22N2O5. The lowest BCUT2D eigenvalue weighted by molar-refractivity contribution is -0.159. The van der Waals surface area contributed by atoms with Gasteiger partial charge in [0.2, 0.25) is 5.91 Å². The summed E-state index contributed by atoms with van der Waals surface area (Å²) in [5.74, 6) is 0.159. The number of methoxy groups -OCH3 is 2. The van der Waals surface area contributed by atoms with E-state index < -0.39 is 5.79 Å². The highest BCUT2D eigenvalue weighted by atomic mass is 16.7. The van der Waals surface area contributed by atoms with E-state index in [2.05, 4.69) is 10.5 Å². The summed E-state index contributed by atoms with van der Waals surface area (Å²) >= 11 is 0. The van der Waals surface area contributed by atoms with Gasteiger partial charge in [-0.15, -0.1) is 0 Å². The molecule has 0 aliphatic carbocycles. The number of hydrazone groups is 1. The van der Waals surface area contributed by atoms with Crippen LogP contribution in [0.3, 0.4) is 0 Å². The van der Waals surface area contributed by atoms with Crippen LogP contribution in [0, 0.1) is 0 Å². The summed E-state index contributed by atoms with van der Waals surface area (Å²) < 4.78 is 21.3. The molecule has 2 rings (SSSR count). The normalized spacial score (nSPS) is 17.0. The maximum atomic E-state index is 12.0. The molecule has 0 spiro atoms. The van der Waals surface area contributed by atoms with Gasteiger partial charge in [-0.05, 0) is 26.0 Å². The van der Waals surface area contributed by atoms with Crippen molar-refractivity contribution in [3.05, 3.63) is 23.8 Å². The summed E-state index contributed by atoms with van der Waals surface area (Å²) in [6, 6.07) is 5.39. The molecule has 0 radical (unpaired) electrons. The highest BCUT2D eigenvalue weighted by Gasteiger charge is 2.33. The van der Waals surface area contributed by atoms with E-state index in [4.69, 9.17) is 18.9 Å². The highest BCUT2D eigenvalue weighted by molar-refractivity contribution is 6.01. The minimum atomic E-state index is -0.870. The Kier molecular flexibility index (Phi) is 5.57. The van der Waals surface area contributed by atoms with E-state index in [1.165, 1.54) is 0 Å². The number of carbonyl (C=O) groups excluding carboxylic acids is 1. The summed E-state index contributed by atoms with van der Waals surface area (Å²) in [6.45, 7) is 4.52. The molecule has 0 unspecified atom stereocenters. The molecule has 0 bridgehead atoms. The quantitative estimate of drug-likeness (QED) is 0.637. The lowest BCUT2D eigenvalue weighted by atomic mass is 10.1. The Morgan fingerprint density at radius 1 is 1.30 bits per heavy atom. The van der Waals surface area contributed by atoms with Gasteiger partial charge >= 0.3 is 0 Å². The number of nitrogens with one attached hydrogen (secondary N) is 1. The SMILES string of the molecule is COc1ccc(C(C)=NNC(=O)CC2(C)OCCO2)c(OC)c1. The Morgan fingerprint density at radius 2 is 2.00 bits per heavy atom. The number of rotatable bonds is 6. The van der Waals surface area contributed by atoms with Crippen molar-refractivity contribution >= 4 is 11.6 Å². The average molecular weight is 322 g/mol. The van der Waals surface area contributed by atoms with E-state index in [9.17, 15) is 4.79 Å². The molecule has 1 N–H and O–H groups in total. The van der Waals surface area contributed by atoms with Crippen LogP contribution < -0.4 is 14.9 Å². The number of hydrogen-bond donors (Lipinski definition) is 1. The summed E-state index contributed by atoms with van der Waals surface area (Å²) in [4.78, 5) is 12.0. The van der Waals surface area contributed by atoms with Crippen LogP contribution in [-0.4, -0.2) is 44.8 Å². The molecule has 1 saturated heterocycles. The van der Waals surface area contributed by atoms with Crippen molar-refractivity contribution in [1.82, 2.24) is 5.43 Å². The second kappa shape index (κ2) is 7.43. The van der Waals surface area contributed by atoms with Crippen molar-refractivity contribution in [2.45, 2.75) is 26.1 Å². The Morgan fingerprint density at radius 3 is 2.61 bits per heavy atom. The van der Waals surface area contributed by atoms with E-state index in [1.807, 2.05) is 6.07 Å². The van der Waals surface area contributed by atoms with E-state index in [-0.39, 0.29) is 12.3 Å². The third kappa shape index (κ3) is 4.43. The first kappa shape index (κ1) is 17.2. The van der Waals surface area contributed by atoms with Crippen LogP contribution in [0.4, 0.5) is 0 Å². The fourth-order valence-electron chi connectivity index (χ4n) is 2.29. The van der Waals surface area contributed by atoms with Crippen molar-refractivity contribution in [2.24, 2.45) is 5.10 Å². The highest BCUT2D eigenvalue weighted by Crippen LogP contribution is 2.25. The Labute approximate surface area is 135 Å². The van der Waals surface area contributed by atoms with E-state index in [1.54, 1.807) is 40.2 Å². The first-order chi connectivity index (χ1) is 11.0. The zero-order valence-corrected chi connectivity index (χ0v) is 13.8. The molecule has 7 heteroatoms. The van der Waals surface area contributed by atoms with Gasteiger partial charge in [-0.1, -0.05) is 0 Å². The summed E-state index contributed by atoms with van der Waals surface area (Å²) in [5.41, 5.74) is 3.91. The zero-order valence-electron chi connectivity index (χ0n) is 13.8. The topological polar surface area (TPSA) is 78.4 Å². The predicted octanol–water partition coefficient (Wildman–Crippen LogP) is 1.70. The monoisotopic (exact) mass is 322 g/mol. The Hall–Kier alpha value is -2.12. The van der Waals surface area contributed by atoms with Crippen LogP contribution in [0.2, 0.25) is 0 Å². The van der Waals surface area contributed by atoms with Crippen LogP contribution in [0.15, 0.2) is 23.3 Å². The van der Waals surface area contributed by atoms with Gasteiger partial charge in [-0.2, -0.15) is 5.10 Å². The summed E-state index contributed by atoms with van der Waals surface area (Å²) in [7, 11) is 3.16. The molecule has 0 saturated carbocycles. The lowest BCUT2D eigenvalue weighted by Gasteiger charge is -2.20. The summed E-state index contributed by atoms with van der Waals surface area (Å²) in [5, 5.41) is 4.12. The van der Waals surface area contributed by atoms with Crippen LogP contribution in [0.1, 0.15) is 25.8 Å². The van der Waals surface area contributed by atoms with Gasteiger partial charge in [0.25, 0.3) is 0 Å². The Balaban J connectivity index is 2.03.